The number of unbranched alkanes of at least 4 members (excludes halogenated alkanes) is 7. The Kier molecular flexibility index (Phi) is 12.7. The smallest absolute Gasteiger partial charge is 0.303 e. The van der Waals surface area contributed by atoms with Crippen molar-refractivity contribution in [3.63, 3.8) is 0 Å². The third kappa shape index (κ3) is 10.3. The summed E-state index contributed by atoms with van der Waals surface area (Å²) in [5.74, 6) is 0.00104. The monoisotopic (exact) mass is 368 g/mol. The highest BCUT2D eigenvalue weighted by Crippen LogP contribution is 2.37. The van der Waals surface area contributed by atoms with Gasteiger partial charge < -0.3 is 15.3 Å². The van der Waals surface area contributed by atoms with Gasteiger partial charge in [0, 0.05) is 6.42 Å². The van der Waals surface area contributed by atoms with E-state index in [-0.39, 0.29) is 18.6 Å². The summed E-state index contributed by atoms with van der Waals surface area (Å²) in [6, 6.07) is 0. The molecule has 0 aromatic carbocycles. The van der Waals surface area contributed by atoms with Gasteiger partial charge in [-0.05, 0) is 43.9 Å². The standard InChI is InChI=1S/C22H40O4/c1-2-3-4-8-11-19(23)16-14-18-15-17-21(24)20(18)12-9-6-5-7-10-13-22(25)26/h14,16,18-21,23-24H,2-13,15,17H2,1H3,(H,25,26)/b16-14+. The topological polar surface area (TPSA) is 77.8 Å². The van der Waals surface area contributed by atoms with Crippen molar-refractivity contribution in [2.24, 2.45) is 11.8 Å². The van der Waals surface area contributed by atoms with Crippen molar-refractivity contribution < 1.29 is 20.1 Å². The molecule has 0 amide bonds. The highest BCUT2D eigenvalue weighted by atomic mass is 16.4. The summed E-state index contributed by atoms with van der Waals surface area (Å²) in [6.07, 6.45) is 17.3. The number of carboxylic acid groups (broad SMARTS) is 1. The van der Waals surface area contributed by atoms with Gasteiger partial charge in [0.05, 0.1) is 12.2 Å². The van der Waals surface area contributed by atoms with Gasteiger partial charge in [0.1, 0.15) is 0 Å². The summed E-state index contributed by atoms with van der Waals surface area (Å²) in [4.78, 5) is 10.5. The van der Waals surface area contributed by atoms with E-state index in [9.17, 15) is 15.0 Å². The normalized spacial score (nSPS) is 24.3. The van der Waals surface area contributed by atoms with Crippen LogP contribution in [-0.4, -0.2) is 33.5 Å². The lowest BCUT2D eigenvalue weighted by Crippen LogP contribution is -2.18. The molecule has 0 bridgehead atoms. The zero-order chi connectivity index (χ0) is 19.2. The van der Waals surface area contributed by atoms with E-state index in [0.29, 0.717) is 11.8 Å². The van der Waals surface area contributed by atoms with Crippen LogP contribution in [0.5, 0.6) is 0 Å². The average Bonchev–Trinajstić information content (AvgIpc) is 2.96. The molecule has 0 spiro atoms. The first-order valence-electron chi connectivity index (χ1n) is 10.8. The van der Waals surface area contributed by atoms with Crippen molar-refractivity contribution in [1.29, 1.82) is 0 Å². The molecule has 1 fully saturated rings. The van der Waals surface area contributed by atoms with E-state index in [4.69, 9.17) is 5.11 Å². The van der Waals surface area contributed by atoms with Crippen LogP contribution in [0.3, 0.4) is 0 Å². The van der Waals surface area contributed by atoms with E-state index in [1.807, 2.05) is 6.08 Å². The fourth-order valence-electron chi connectivity index (χ4n) is 4.06. The molecule has 4 nitrogen and oxygen atoms in total. The summed E-state index contributed by atoms with van der Waals surface area (Å²) in [5.41, 5.74) is 0. The number of rotatable bonds is 15. The quantitative estimate of drug-likeness (QED) is 0.278. The third-order valence-electron chi connectivity index (χ3n) is 5.70. The van der Waals surface area contributed by atoms with Crippen molar-refractivity contribution in [3.8, 4) is 0 Å². The van der Waals surface area contributed by atoms with Crippen molar-refractivity contribution in [3.05, 3.63) is 12.2 Å². The van der Waals surface area contributed by atoms with E-state index in [2.05, 4.69) is 13.0 Å². The van der Waals surface area contributed by atoms with Crippen LogP contribution in [0, 0.1) is 11.8 Å². The van der Waals surface area contributed by atoms with E-state index < -0.39 is 5.97 Å². The van der Waals surface area contributed by atoms with Gasteiger partial charge in [-0.2, -0.15) is 0 Å². The van der Waals surface area contributed by atoms with Crippen LogP contribution in [-0.2, 0) is 4.79 Å². The largest absolute Gasteiger partial charge is 0.481 e. The Hall–Kier alpha value is -0.870. The van der Waals surface area contributed by atoms with Crippen LogP contribution < -0.4 is 0 Å². The first kappa shape index (κ1) is 23.2. The molecule has 1 saturated carbocycles. The molecule has 4 unspecified atom stereocenters. The Labute approximate surface area is 159 Å². The second-order valence-electron chi connectivity index (χ2n) is 7.97. The molecule has 1 aliphatic rings. The summed E-state index contributed by atoms with van der Waals surface area (Å²) in [5, 5.41) is 29.0. The van der Waals surface area contributed by atoms with Gasteiger partial charge >= 0.3 is 5.97 Å². The Balaban J connectivity index is 2.22. The molecule has 3 N–H and O–H groups in total. The summed E-state index contributed by atoms with van der Waals surface area (Å²) < 4.78 is 0. The molecule has 0 saturated heterocycles. The minimum absolute atomic E-state index is 0.210. The number of carbonyl (C=O) groups is 1. The van der Waals surface area contributed by atoms with Crippen LogP contribution in [0.25, 0.3) is 0 Å². The second-order valence-corrected chi connectivity index (χ2v) is 7.97. The van der Waals surface area contributed by atoms with Gasteiger partial charge in [0.25, 0.3) is 0 Å². The van der Waals surface area contributed by atoms with Crippen LogP contribution in [0.15, 0.2) is 12.2 Å². The van der Waals surface area contributed by atoms with Crippen LogP contribution in [0.1, 0.15) is 96.8 Å². The molecule has 0 radical (unpaired) electrons. The van der Waals surface area contributed by atoms with Crippen LogP contribution >= 0.6 is 0 Å². The van der Waals surface area contributed by atoms with Gasteiger partial charge in [-0.1, -0.05) is 70.4 Å². The first-order chi connectivity index (χ1) is 12.5. The highest BCUT2D eigenvalue weighted by molar-refractivity contribution is 5.66. The summed E-state index contributed by atoms with van der Waals surface area (Å²) in [6.45, 7) is 2.19. The van der Waals surface area contributed by atoms with Crippen LogP contribution in [0.2, 0.25) is 0 Å². The maximum Gasteiger partial charge on any atom is 0.303 e. The lowest BCUT2D eigenvalue weighted by Gasteiger charge is -2.20. The lowest BCUT2D eigenvalue weighted by molar-refractivity contribution is -0.137. The predicted molar refractivity (Wildman–Crippen MR) is 106 cm³/mol. The predicted octanol–water partition coefficient (Wildman–Crippen LogP) is 5.08. The molecular formula is C22H40O4. The number of aliphatic carboxylic acids is 1. The molecule has 26 heavy (non-hydrogen) atoms. The molecule has 1 rings (SSSR count). The zero-order valence-electron chi connectivity index (χ0n) is 16.6. The molecule has 0 aromatic rings. The Morgan fingerprint density at radius 2 is 1.73 bits per heavy atom. The summed E-state index contributed by atoms with van der Waals surface area (Å²) in [7, 11) is 0. The van der Waals surface area contributed by atoms with Gasteiger partial charge in [-0.3, -0.25) is 4.79 Å². The van der Waals surface area contributed by atoms with E-state index in [1.165, 1.54) is 19.3 Å². The first-order valence-corrected chi connectivity index (χ1v) is 10.8. The molecule has 1 aliphatic carbocycles. The SMILES string of the molecule is CCCCCCC(O)/C=C/C1CCC(O)C1CCCCCCCC(=O)O. The van der Waals surface area contributed by atoms with Gasteiger partial charge in [0.15, 0.2) is 0 Å². The minimum Gasteiger partial charge on any atom is -0.481 e. The summed E-state index contributed by atoms with van der Waals surface area (Å²) >= 11 is 0. The molecule has 4 atom stereocenters. The fraction of sp³-hybridized carbons (Fsp3) is 0.864. The van der Waals surface area contributed by atoms with Crippen molar-refractivity contribution in [2.45, 2.75) is 109 Å². The second kappa shape index (κ2) is 14.2. The van der Waals surface area contributed by atoms with E-state index in [0.717, 1.165) is 64.2 Å². The Morgan fingerprint density at radius 1 is 1.04 bits per heavy atom. The van der Waals surface area contributed by atoms with Gasteiger partial charge in [0.2, 0.25) is 0 Å². The number of hydrogen-bond acceptors (Lipinski definition) is 3. The minimum atomic E-state index is -0.707. The number of aliphatic hydroxyl groups excluding tert-OH is 2. The third-order valence-corrected chi connectivity index (χ3v) is 5.70. The Bertz CT molecular complexity index is 394. The molecule has 0 aromatic heterocycles. The number of allylic oxidation sites excluding steroid dienone is 1. The molecular weight excluding hydrogens is 328 g/mol. The molecule has 0 aliphatic heterocycles. The maximum atomic E-state index is 10.5. The number of aliphatic hydroxyl groups is 2. The van der Waals surface area contributed by atoms with Gasteiger partial charge in [-0.25, -0.2) is 0 Å². The van der Waals surface area contributed by atoms with Crippen molar-refractivity contribution in [2.75, 3.05) is 0 Å². The lowest BCUT2D eigenvalue weighted by atomic mass is 9.88. The van der Waals surface area contributed by atoms with E-state index >= 15 is 0 Å². The van der Waals surface area contributed by atoms with Crippen molar-refractivity contribution >= 4 is 5.97 Å². The zero-order valence-corrected chi connectivity index (χ0v) is 16.6. The number of hydrogen-bond donors (Lipinski definition) is 3. The fourth-order valence-corrected chi connectivity index (χ4v) is 4.06. The van der Waals surface area contributed by atoms with E-state index in [1.54, 1.807) is 0 Å². The molecule has 152 valence electrons. The average molecular weight is 369 g/mol. The highest BCUT2D eigenvalue weighted by Gasteiger charge is 2.32. The number of carboxylic acids is 1. The van der Waals surface area contributed by atoms with Crippen LogP contribution in [0.4, 0.5) is 0 Å². The van der Waals surface area contributed by atoms with Gasteiger partial charge in [-0.15, -0.1) is 0 Å². The van der Waals surface area contributed by atoms with Crippen molar-refractivity contribution in [1.82, 2.24) is 0 Å². The Morgan fingerprint density at radius 3 is 2.46 bits per heavy atom. The maximum absolute atomic E-state index is 10.5. The molecule has 0 heterocycles. The molecule has 4 heteroatoms.